The Hall–Kier alpha value is -2.63. The van der Waals surface area contributed by atoms with E-state index in [1.165, 1.54) is 0 Å². The van der Waals surface area contributed by atoms with E-state index in [0.717, 1.165) is 23.6 Å². The molecule has 102 valence electrons. The summed E-state index contributed by atoms with van der Waals surface area (Å²) in [5, 5.41) is 11.4. The first-order valence-electron chi connectivity index (χ1n) is 6.51. The first kappa shape index (κ1) is 12.4. The van der Waals surface area contributed by atoms with Gasteiger partial charge in [0.25, 0.3) is 0 Å². The van der Waals surface area contributed by atoms with Crippen LogP contribution in [0.5, 0.6) is 0 Å². The fourth-order valence-electron chi connectivity index (χ4n) is 1.91. The number of rotatable bonds is 5. The molecule has 2 heterocycles. The van der Waals surface area contributed by atoms with E-state index >= 15 is 0 Å². The van der Waals surface area contributed by atoms with Crippen LogP contribution in [0.4, 0.5) is 5.69 Å². The lowest BCUT2D eigenvalue weighted by Crippen LogP contribution is -2.05. The Morgan fingerprint density at radius 2 is 2.15 bits per heavy atom. The molecule has 6 nitrogen and oxygen atoms in total. The van der Waals surface area contributed by atoms with Crippen LogP contribution in [0.25, 0.3) is 5.69 Å². The average Bonchev–Trinajstić information content (AvgIpc) is 3.17. The minimum atomic E-state index is 0.491. The summed E-state index contributed by atoms with van der Waals surface area (Å²) in [6.45, 7) is 2.49. The van der Waals surface area contributed by atoms with E-state index in [1.54, 1.807) is 6.20 Å². The largest absolute Gasteiger partial charge is 0.374 e. The summed E-state index contributed by atoms with van der Waals surface area (Å²) in [5.74, 6) is 1.30. The van der Waals surface area contributed by atoms with Crippen LogP contribution in [0, 0.1) is 0 Å². The third-order valence-electron chi connectivity index (χ3n) is 2.91. The van der Waals surface area contributed by atoms with Crippen LogP contribution in [0.15, 0.2) is 47.2 Å². The van der Waals surface area contributed by atoms with Crippen LogP contribution < -0.4 is 5.32 Å². The van der Waals surface area contributed by atoms with Gasteiger partial charge in [0.2, 0.25) is 5.89 Å². The molecule has 2 aromatic heterocycles. The number of aryl methyl sites for hydroxylation is 1. The number of para-hydroxylation sites is 2. The van der Waals surface area contributed by atoms with E-state index in [-0.39, 0.29) is 0 Å². The molecule has 6 heteroatoms. The summed E-state index contributed by atoms with van der Waals surface area (Å²) in [6.07, 6.45) is 4.43. The summed E-state index contributed by atoms with van der Waals surface area (Å²) >= 11 is 0. The van der Waals surface area contributed by atoms with Gasteiger partial charge in [-0.15, -0.1) is 0 Å². The van der Waals surface area contributed by atoms with E-state index in [2.05, 4.69) is 20.6 Å². The Balaban J connectivity index is 1.77. The van der Waals surface area contributed by atoms with Gasteiger partial charge in [-0.1, -0.05) is 24.2 Å². The van der Waals surface area contributed by atoms with Crippen LogP contribution in [0.3, 0.4) is 0 Å². The van der Waals surface area contributed by atoms with E-state index in [4.69, 9.17) is 4.52 Å². The number of anilines is 1. The molecule has 1 N–H and O–H groups in total. The molecule has 0 aliphatic rings. The zero-order chi connectivity index (χ0) is 13.8. The zero-order valence-electron chi connectivity index (χ0n) is 11.2. The minimum absolute atomic E-state index is 0.491. The van der Waals surface area contributed by atoms with Crippen molar-refractivity contribution in [3.05, 3.63) is 54.4 Å². The molecule has 3 rings (SSSR count). The Labute approximate surface area is 116 Å². The van der Waals surface area contributed by atoms with E-state index in [9.17, 15) is 0 Å². The topological polar surface area (TPSA) is 68.8 Å². The van der Waals surface area contributed by atoms with E-state index < -0.39 is 0 Å². The van der Waals surface area contributed by atoms with Crippen molar-refractivity contribution in [1.29, 1.82) is 0 Å². The molecule has 0 amide bonds. The van der Waals surface area contributed by atoms with Crippen molar-refractivity contribution in [3.8, 4) is 5.69 Å². The summed E-state index contributed by atoms with van der Waals surface area (Å²) in [5.41, 5.74) is 1.94. The van der Waals surface area contributed by atoms with Crippen molar-refractivity contribution >= 4 is 5.69 Å². The minimum Gasteiger partial charge on any atom is -0.374 e. The van der Waals surface area contributed by atoms with Gasteiger partial charge in [-0.3, -0.25) is 0 Å². The number of nitrogens with zero attached hydrogens (tertiary/aromatic N) is 4. The van der Waals surface area contributed by atoms with Gasteiger partial charge in [-0.25, -0.2) is 4.68 Å². The first-order valence-corrected chi connectivity index (χ1v) is 6.51. The normalized spacial score (nSPS) is 10.7. The summed E-state index contributed by atoms with van der Waals surface area (Å²) in [6, 6.07) is 9.84. The maximum absolute atomic E-state index is 5.16. The second-order valence-electron chi connectivity index (χ2n) is 4.28. The van der Waals surface area contributed by atoms with Crippen molar-refractivity contribution in [1.82, 2.24) is 19.9 Å². The van der Waals surface area contributed by atoms with Gasteiger partial charge in [-0.2, -0.15) is 10.1 Å². The highest BCUT2D eigenvalue weighted by Gasteiger charge is 2.07. The molecule has 0 radical (unpaired) electrons. The summed E-state index contributed by atoms with van der Waals surface area (Å²) in [4.78, 5) is 4.27. The van der Waals surface area contributed by atoms with Crippen LogP contribution in [0.2, 0.25) is 0 Å². The van der Waals surface area contributed by atoms with Gasteiger partial charge < -0.3 is 9.84 Å². The second-order valence-corrected chi connectivity index (χ2v) is 4.28. The maximum atomic E-state index is 5.16. The molecule has 0 aliphatic carbocycles. The second kappa shape index (κ2) is 5.56. The molecule has 0 atom stereocenters. The average molecular weight is 269 g/mol. The quantitative estimate of drug-likeness (QED) is 0.770. The molecular formula is C14H15N5O. The van der Waals surface area contributed by atoms with Gasteiger partial charge in [0.15, 0.2) is 5.82 Å². The lowest BCUT2D eigenvalue weighted by atomic mass is 10.2. The third kappa shape index (κ3) is 2.54. The van der Waals surface area contributed by atoms with Crippen LogP contribution >= 0.6 is 0 Å². The highest BCUT2D eigenvalue weighted by atomic mass is 16.5. The van der Waals surface area contributed by atoms with Crippen LogP contribution in [-0.4, -0.2) is 19.9 Å². The first-order chi connectivity index (χ1) is 9.86. The van der Waals surface area contributed by atoms with Gasteiger partial charge in [-0.05, 0) is 18.2 Å². The number of benzene rings is 1. The van der Waals surface area contributed by atoms with Gasteiger partial charge >= 0.3 is 0 Å². The monoisotopic (exact) mass is 269 g/mol. The molecule has 0 fully saturated rings. The fraction of sp³-hybridized carbons (Fsp3) is 0.214. The van der Waals surface area contributed by atoms with E-state index in [1.807, 2.05) is 48.1 Å². The Morgan fingerprint density at radius 3 is 2.90 bits per heavy atom. The highest BCUT2D eigenvalue weighted by Crippen LogP contribution is 2.19. The molecule has 3 aromatic rings. The van der Waals surface area contributed by atoms with Gasteiger partial charge in [0.05, 0.1) is 17.9 Å². The van der Waals surface area contributed by atoms with Crippen molar-refractivity contribution in [3.63, 3.8) is 0 Å². The van der Waals surface area contributed by atoms with Gasteiger partial charge in [0, 0.05) is 18.8 Å². The van der Waals surface area contributed by atoms with Crippen LogP contribution in [-0.2, 0) is 13.0 Å². The number of hydrogen-bond acceptors (Lipinski definition) is 5. The molecule has 0 spiro atoms. The van der Waals surface area contributed by atoms with E-state index in [0.29, 0.717) is 12.4 Å². The number of nitrogens with one attached hydrogen (secondary N) is 1. The maximum Gasteiger partial charge on any atom is 0.245 e. The zero-order valence-corrected chi connectivity index (χ0v) is 11.2. The van der Waals surface area contributed by atoms with Crippen molar-refractivity contribution < 1.29 is 4.52 Å². The molecule has 0 saturated carbocycles. The molecule has 0 aliphatic heterocycles. The highest BCUT2D eigenvalue weighted by molar-refractivity contribution is 5.60. The molecule has 0 saturated heterocycles. The summed E-state index contributed by atoms with van der Waals surface area (Å²) < 4.78 is 6.97. The predicted molar refractivity (Wildman–Crippen MR) is 74.6 cm³/mol. The Kier molecular flexibility index (Phi) is 3.45. The van der Waals surface area contributed by atoms with Gasteiger partial charge in [0.1, 0.15) is 0 Å². The number of hydrogen-bond donors (Lipinski definition) is 1. The lowest BCUT2D eigenvalue weighted by Gasteiger charge is -2.10. The SMILES string of the molecule is CCc1noc(CNc2ccccc2-n2cccn2)n1. The van der Waals surface area contributed by atoms with Crippen molar-refractivity contribution in [2.45, 2.75) is 19.9 Å². The fourth-order valence-corrected chi connectivity index (χ4v) is 1.91. The lowest BCUT2D eigenvalue weighted by molar-refractivity contribution is 0.378. The molecule has 20 heavy (non-hydrogen) atoms. The molecule has 0 unspecified atom stereocenters. The molecule has 1 aromatic carbocycles. The third-order valence-corrected chi connectivity index (χ3v) is 2.91. The van der Waals surface area contributed by atoms with Crippen molar-refractivity contribution in [2.75, 3.05) is 5.32 Å². The Morgan fingerprint density at radius 1 is 1.25 bits per heavy atom. The summed E-state index contributed by atoms with van der Waals surface area (Å²) in [7, 11) is 0. The Bertz CT molecular complexity index is 674. The standard InChI is InChI=1S/C14H15N5O/c1-2-13-17-14(20-18-13)10-15-11-6-3-4-7-12(11)19-9-5-8-16-19/h3-9,15H,2,10H2,1H3. The van der Waals surface area contributed by atoms with Crippen molar-refractivity contribution in [2.24, 2.45) is 0 Å². The number of aromatic nitrogens is 4. The molecule has 0 bridgehead atoms. The van der Waals surface area contributed by atoms with Crippen LogP contribution in [0.1, 0.15) is 18.6 Å². The molecular weight excluding hydrogens is 254 g/mol. The smallest absolute Gasteiger partial charge is 0.245 e. The predicted octanol–water partition coefficient (Wildman–Crippen LogP) is 2.43.